The molecular weight excluding hydrogens is 207 g/mol. The molecule has 2 atom stereocenters. The molecule has 5 heteroatoms. The molecule has 0 N–H and O–H groups in total. The SMILES string of the molecule is CC1CN(c2ccc(C#N)nn2)CC1CF. The van der Waals surface area contributed by atoms with Crippen LogP contribution in [-0.4, -0.2) is 30.0 Å². The van der Waals surface area contributed by atoms with Crippen molar-refractivity contribution >= 4 is 5.82 Å². The first kappa shape index (κ1) is 10.8. The summed E-state index contributed by atoms with van der Waals surface area (Å²) in [6.07, 6.45) is 0. The first-order chi connectivity index (χ1) is 7.74. The lowest BCUT2D eigenvalue weighted by Crippen LogP contribution is -2.21. The zero-order chi connectivity index (χ0) is 11.5. The van der Waals surface area contributed by atoms with Gasteiger partial charge in [0.1, 0.15) is 6.07 Å². The second-order valence-electron chi connectivity index (χ2n) is 4.19. The number of anilines is 1. The molecule has 0 radical (unpaired) electrons. The van der Waals surface area contributed by atoms with E-state index < -0.39 is 0 Å². The highest BCUT2D eigenvalue weighted by atomic mass is 19.1. The monoisotopic (exact) mass is 220 g/mol. The Hall–Kier alpha value is -1.70. The highest BCUT2D eigenvalue weighted by Crippen LogP contribution is 2.26. The molecule has 0 bridgehead atoms. The Balaban J connectivity index is 2.11. The molecule has 84 valence electrons. The Morgan fingerprint density at radius 1 is 1.50 bits per heavy atom. The van der Waals surface area contributed by atoms with Crippen LogP contribution in [0, 0.1) is 23.2 Å². The molecule has 4 nitrogen and oxygen atoms in total. The summed E-state index contributed by atoms with van der Waals surface area (Å²) in [5.74, 6) is 1.14. The molecule has 1 aliphatic rings. The number of hydrogen-bond acceptors (Lipinski definition) is 4. The van der Waals surface area contributed by atoms with Gasteiger partial charge in [-0.15, -0.1) is 10.2 Å². The highest BCUT2D eigenvalue weighted by molar-refractivity contribution is 5.40. The van der Waals surface area contributed by atoms with E-state index in [4.69, 9.17) is 5.26 Å². The summed E-state index contributed by atoms with van der Waals surface area (Å²) in [5, 5.41) is 16.3. The van der Waals surface area contributed by atoms with Gasteiger partial charge in [0.15, 0.2) is 11.5 Å². The van der Waals surface area contributed by atoms with E-state index in [0.717, 1.165) is 12.4 Å². The van der Waals surface area contributed by atoms with Gasteiger partial charge in [-0.05, 0) is 18.1 Å². The standard InChI is InChI=1S/C11H13FN4/c1-8-6-16(7-9(8)4-12)11-3-2-10(5-13)14-15-11/h2-3,8-9H,4,6-7H2,1H3. The molecule has 0 aliphatic carbocycles. The van der Waals surface area contributed by atoms with Crippen LogP contribution >= 0.6 is 0 Å². The van der Waals surface area contributed by atoms with Crippen LogP contribution < -0.4 is 4.90 Å². The molecule has 16 heavy (non-hydrogen) atoms. The zero-order valence-electron chi connectivity index (χ0n) is 9.10. The van der Waals surface area contributed by atoms with Crippen molar-refractivity contribution in [2.45, 2.75) is 6.92 Å². The minimum atomic E-state index is -0.290. The molecule has 2 heterocycles. The third kappa shape index (κ3) is 1.96. The third-order valence-electron chi connectivity index (χ3n) is 3.06. The van der Waals surface area contributed by atoms with Gasteiger partial charge in [0.2, 0.25) is 0 Å². The molecule has 1 aromatic heterocycles. The third-order valence-corrected chi connectivity index (χ3v) is 3.06. The molecule has 0 saturated carbocycles. The van der Waals surface area contributed by atoms with E-state index in [-0.39, 0.29) is 12.6 Å². The van der Waals surface area contributed by atoms with Gasteiger partial charge in [0, 0.05) is 19.0 Å². The van der Waals surface area contributed by atoms with E-state index in [1.54, 1.807) is 12.1 Å². The highest BCUT2D eigenvalue weighted by Gasteiger charge is 2.30. The summed E-state index contributed by atoms with van der Waals surface area (Å²) in [6, 6.07) is 5.32. The quantitative estimate of drug-likeness (QED) is 0.755. The van der Waals surface area contributed by atoms with E-state index in [2.05, 4.69) is 10.2 Å². The molecule has 1 aliphatic heterocycles. The minimum absolute atomic E-state index is 0.0810. The molecular formula is C11H13FN4. The Labute approximate surface area is 93.7 Å². The van der Waals surface area contributed by atoms with Crippen molar-refractivity contribution in [3.8, 4) is 6.07 Å². The number of nitrogens with zero attached hydrogens (tertiary/aromatic N) is 4. The topological polar surface area (TPSA) is 52.8 Å². The summed E-state index contributed by atoms with van der Waals surface area (Å²) < 4.78 is 12.7. The molecule has 1 aromatic rings. The zero-order valence-corrected chi connectivity index (χ0v) is 9.10. The smallest absolute Gasteiger partial charge is 0.163 e. The molecule has 0 amide bonds. The average Bonchev–Trinajstić information content (AvgIpc) is 2.71. The maximum atomic E-state index is 12.7. The van der Waals surface area contributed by atoms with Crippen molar-refractivity contribution in [2.75, 3.05) is 24.7 Å². The molecule has 0 aromatic carbocycles. The fourth-order valence-electron chi connectivity index (χ4n) is 1.98. The van der Waals surface area contributed by atoms with Gasteiger partial charge < -0.3 is 4.90 Å². The number of nitriles is 1. The van der Waals surface area contributed by atoms with Crippen molar-refractivity contribution in [3.05, 3.63) is 17.8 Å². The largest absolute Gasteiger partial charge is 0.354 e. The van der Waals surface area contributed by atoms with Gasteiger partial charge in [-0.25, -0.2) is 0 Å². The van der Waals surface area contributed by atoms with Crippen molar-refractivity contribution in [3.63, 3.8) is 0 Å². The Bertz CT molecular complexity index is 397. The number of aromatic nitrogens is 2. The summed E-state index contributed by atoms with van der Waals surface area (Å²) in [5.41, 5.74) is 0.304. The van der Waals surface area contributed by atoms with Crippen molar-refractivity contribution in [1.82, 2.24) is 10.2 Å². The first-order valence-corrected chi connectivity index (χ1v) is 5.29. The Morgan fingerprint density at radius 2 is 2.31 bits per heavy atom. The van der Waals surface area contributed by atoms with Gasteiger partial charge >= 0.3 is 0 Å². The molecule has 1 fully saturated rings. The fraction of sp³-hybridized carbons (Fsp3) is 0.545. The fourth-order valence-corrected chi connectivity index (χ4v) is 1.98. The van der Waals surface area contributed by atoms with Gasteiger partial charge in [0.25, 0.3) is 0 Å². The molecule has 2 rings (SSSR count). The van der Waals surface area contributed by atoms with Crippen LogP contribution in [0.4, 0.5) is 10.2 Å². The Morgan fingerprint density at radius 3 is 2.81 bits per heavy atom. The van der Waals surface area contributed by atoms with E-state index in [0.29, 0.717) is 18.2 Å². The van der Waals surface area contributed by atoms with Gasteiger partial charge in [-0.2, -0.15) is 5.26 Å². The van der Waals surface area contributed by atoms with Crippen molar-refractivity contribution in [1.29, 1.82) is 5.26 Å². The van der Waals surface area contributed by atoms with Gasteiger partial charge in [0.05, 0.1) is 6.67 Å². The molecule has 1 saturated heterocycles. The minimum Gasteiger partial charge on any atom is -0.354 e. The van der Waals surface area contributed by atoms with Crippen LogP contribution in [0.25, 0.3) is 0 Å². The summed E-state index contributed by atoms with van der Waals surface area (Å²) in [6.45, 7) is 3.23. The van der Waals surface area contributed by atoms with Crippen LogP contribution in [0.5, 0.6) is 0 Å². The number of hydrogen-bond donors (Lipinski definition) is 0. The summed E-state index contributed by atoms with van der Waals surface area (Å²) in [7, 11) is 0. The van der Waals surface area contributed by atoms with Crippen LogP contribution in [0.2, 0.25) is 0 Å². The van der Waals surface area contributed by atoms with Crippen LogP contribution in [0.1, 0.15) is 12.6 Å². The molecule has 2 unspecified atom stereocenters. The number of halogens is 1. The number of alkyl halides is 1. The second kappa shape index (κ2) is 4.44. The van der Waals surface area contributed by atoms with Crippen molar-refractivity contribution < 1.29 is 4.39 Å². The number of rotatable bonds is 2. The van der Waals surface area contributed by atoms with Gasteiger partial charge in [-0.1, -0.05) is 6.92 Å². The molecule has 0 spiro atoms. The van der Waals surface area contributed by atoms with E-state index in [1.807, 2.05) is 17.9 Å². The predicted molar refractivity (Wildman–Crippen MR) is 57.6 cm³/mol. The maximum absolute atomic E-state index is 12.7. The van der Waals surface area contributed by atoms with E-state index in [9.17, 15) is 4.39 Å². The maximum Gasteiger partial charge on any atom is 0.163 e. The summed E-state index contributed by atoms with van der Waals surface area (Å²) in [4.78, 5) is 2.02. The Kier molecular flexibility index (Phi) is 3.00. The van der Waals surface area contributed by atoms with E-state index in [1.165, 1.54) is 0 Å². The first-order valence-electron chi connectivity index (χ1n) is 5.29. The predicted octanol–water partition coefficient (Wildman–Crippen LogP) is 1.39. The second-order valence-corrected chi connectivity index (χ2v) is 4.19. The van der Waals surface area contributed by atoms with Gasteiger partial charge in [-0.3, -0.25) is 4.39 Å². The lowest BCUT2D eigenvalue weighted by Gasteiger charge is -2.15. The van der Waals surface area contributed by atoms with Crippen molar-refractivity contribution in [2.24, 2.45) is 11.8 Å². The lowest BCUT2D eigenvalue weighted by atomic mass is 10.0. The van der Waals surface area contributed by atoms with Crippen LogP contribution in [0.3, 0.4) is 0 Å². The van der Waals surface area contributed by atoms with Crippen LogP contribution in [0.15, 0.2) is 12.1 Å². The lowest BCUT2D eigenvalue weighted by molar-refractivity contribution is 0.329. The average molecular weight is 220 g/mol. The normalized spacial score (nSPS) is 24.4. The van der Waals surface area contributed by atoms with E-state index >= 15 is 0 Å². The summed E-state index contributed by atoms with van der Waals surface area (Å²) >= 11 is 0. The van der Waals surface area contributed by atoms with Crippen LogP contribution in [-0.2, 0) is 0 Å².